The summed E-state index contributed by atoms with van der Waals surface area (Å²) in [5, 5.41) is 9.56. The second-order valence-electron chi connectivity index (χ2n) is 6.15. The molecule has 0 amide bonds. The Hall–Kier alpha value is -2.59. The number of rotatable bonds is 5. The molecule has 6 nitrogen and oxygen atoms in total. The molecule has 1 aromatic rings. The maximum atomic E-state index is 16.5. The van der Waals surface area contributed by atoms with Gasteiger partial charge in [0.05, 0.1) is 12.5 Å². The molecule has 1 heterocycles. The van der Waals surface area contributed by atoms with Crippen LogP contribution in [0.4, 0.5) is 4.39 Å². The first-order chi connectivity index (χ1) is 12.2. The number of ether oxygens (including phenoxy) is 3. The molecule has 0 bridgehead atoms. The number of nitriles is 1. The van der Waals surface area contributed by atoms with Gasteiger partial charge in [-0.1, -0.05) is 29.8 Å². The van der Waals surface area contributed by atoms with Crippen molar-refractivity contribution in [2.45, 2.75) is 45.1 Å². The van der Waals surface area contributed by atoms with Gasteiger partial charge in [-0.15, -0.1) is 0 Å². The highest BCUT2D eigenvalue weighted by Crippen LogP contribution is 2.51. The van der Waals surface area contributed by atoms with Crippen LogP contribution in [0.25, 0.3) is 0 Å². The Bertz CT molecular complexity index is 756. The maximum absolute atomic E-state index is 16.5. The van der Waals surface area contributed by atoms with Crippen molar-refractivity contribution in [2.24, 2.45) is 5.73 Å². The highest BCUT2D eigenvalue weighted by Gasteiger charge is 2.68. The predicted octanol–water partition coefficient (Wildman–Crippen LogP) is 2.83. The summed E-state index contributed by atoms with van der Waals surface area (Å²) >= 11 is 0. The number of halogens is 1. The third-order valence-electron chi connectivity index (χ3n) is 4.44. The summed E-state index contributed by atoms with van der Waals surface area (Å²) in [5.41, 5.74) is 4.25. The number of allylic oxidation sites excluding steroid dienone is 1. The zero-order valence-electron chi connectivity index (χ0n) is 15.3. The van der Waals surface area contributed by atoms with Gasteiger partial charge in [0.15, 0.2) is 0 Å². The van der Waals surface area contributed by atoms with Crippen LogP contribution in [-0.2, 0) is 19.0 Å². The monoisotopic (exact) mass is 362 g/mol. The summed E-state index contributed by atoms with van der Waals surface area (Å²) in [7, 11) is 0. The molecule has 0 aromatic heterocycles. The van der Waals surface area contributed by atoms with Gasteiger partial charge in [-0.2, -0.15) is 5.26 Å². The Labute approximate surface area is 152 Å². The Morgan fingerprint density at radius 3 is 2.46 bits per heavy atom. The van der Waals surface area contributed by atoms with E-state index in [4.69, 9.17) is 19.9 Å². The van der Waals surface area contributed by atoms with Gasteiger partial charge in [-0.3, -0.25) is 0 Å². The second-order valence-corrected chi connectivity index (χ2v) is 6.15. The first-order valence-corrected chi connectivity index (χ1v) is 8.40. The fraction of sp³-hybridized carbons (Fsp3) is 0.474. The molecule has 7 heteroatoms. The van der Waals surface area contributed by atoms with Crippen molar-refractivity contribution in [3.63, 3.8) is 0 Å². The molecule has 0 radical (unpaired) electrons. The molecule has 0 saturated carbocycles. The van der Waals surface area contributed by atoms with E-state index in [9.17, 15) is 10.1 Å². The molecule has 0 unspecified atom stereocenters. The number of nitrogens with two attached hydrogens (primary N) is 1. The van der Waals surface area contributed by atoms with Crippen LogP contribution in [0.2, 0.25) is 0 Å². The van der Waals surface area contributed by atoms with E-state index in [0.29, 0.717) is 5.56 Å². The number of carbonyl (C=O) groups is 1. The number of carbonyl (C=O) groups excluding carboxylic acids is 1. The second kappa shape index (κ2) is 7.34. The quantitative estimate of drug-likeness (QED) is 0.810. The van der Waals surface area contributed by atoms with Crippen molar-refractivity contribution < 1.29 is 23.4 Å². The average Bonchev–Trinajstić information content (AvgIpc) is 2.59. The molecule has 2 rings (SSSR count). The standard InChI is InChI=1S/C19H23FN2O4/c1-5-24-17(23)19(20)15(13-9-7-12(3)8-10-13)14(11-21)16(22)26-18(19,4)25-6-2/h7-10,15H,5-6,22H2,1-4H3/t15-,18-,19+/m1/s1. The van der Waals surface area contributed by atoms with E-state index in [0.717, 1.165) is 5.56 Å². The van der Waals surface area contributed by atoms with Gasteiger partial charge < -0.3 is 19.9 Å². The number of aryl methyl sites for hydroxylation is 1. The number of alkyl halides is 1. The number of nitrogens with zero attached hydrogens (tertiary/aromatic N) is 1. The van der Waals surface area contributed by atoms with Gasteiger partial charge >= 0.3 is 5.97 Å². The molecular weight excluding hydrogens is 339 g/mol. The predicted molar refractivity (Wildman–Crippen MR) is 92.3 cm³/mol. The van der Waals surface area contributed by atoms with Crippen molar-refractivity contribution in [3.05, 3.63) is 46.8 Å². The van der Waals surface area contributed by atoms with Crippen molar-refractivity contribution in [2.75, 3.05) is 13.2 Å². The highest BCUT2D eigenvalue weighted by atomic mass is 19.1. The molecule has 140 valence electrons. The average molecular weight is 362 g/mol. The smallest absolute Gasteiger partial charge is 0.351 e. The molecule has 0 aliphatic carbocycles. The zero-order valence-corrected chi connectivity index (χ0v) is 15.3. The van der Waals surface area contributed by atoms with Gasteiger partial charge in [0, 0.05) is 13.5 Å². The third-order valence-corrected chi connectivity index (χ3v) is 4.44. The molecule has 0 spiro atoms. The molecular formula is C19H23FN2O4. The summed E-state index contributed by atoms with van der Waals surface area (Å²) < 4.78 is 32.4. The van der Waals surface area contributed by atoms with Crippen LogP contribution in [0.3, 0.4) is 0 Å². The molecule has 0 saturated heterocycles. The van der Waals surface area contributed by atoms with Crippen molar-refractivity contribution in [1.82, 2.24) is 0 Å². The first-order valence-electron chi connectivity index (χ1n) is 8.40. The van der Waals surface area contributed by atoms with E-state index in [1.807, 2.05) is 13.0 Å². The fourth-order valence-electron chi connectivity index (χ4n) is 3.17. The van der Waals surface area contributed by atoms with Crippen LogP contribution >= 0.6 is 0 Å². The van der Waals surface area contributed by atoms with Crippen molar-refractivity contribution >= 4 is 5.97 Å². The molecule has 1 aliphatic rings. The van der Waals surface area contributed by atoms with Gasteiger partial charge in [0.25, 0.3) is 11.5 Å². The Kier molecular flexibility index (Phi) is 5.57. The summed E-state index contributed by atoms with van der Waals surface area (Å²) in [5.74, 6) is -4.81. The third kappa shape index (κ3) is 3.01. The van der Waals surface area contributed by atoms with E-state index in [2.05, 4.69) is 0 Å². The molecule has 2 N–H and O–H groups in total. The first kappa shape index (κ1) is 19.7. The van der Waals surface area contributed by atoms with Crippen LogP contribution in [0.5, 0.6) is 0 Å². The van der Waals surface area contributed by atoms with E-state index >= 15 is 4.39 Å². The van der Waals surface area contributed by atoms with E-state index in [-0.39, 0.29) is 24.7 Å². The van der Waals surface area contributed by atoms with Crippen LogP contribution in [0.15, 0.2) is 35.7 Å². The van der Waals surface area contributed by atoms with Crippen molar-refractivity contribution in [3.8, 4) is 6.07 Å². The minimum absolute atomic E-state index is 0.0333. The van der Waals surface area contributed by atoms with Crippen LogP contribution < -0.4 is 5.73 Å². The number of hydrogen-bond acceptors (Lipinski definition) is 6. The molecule has 26 heavy (non-hydrogen) atoms. The van der Waals surface area contributed by atoms with Gasteiger partial charge in [0.2, 0.25) is 5.88 Å². The van der Waals surface area contributed by atoms with E-state index in [1.165, 1.54) is 6.92 Å². The normalized spacial score (nSPS) is 28.2. The minimum atomic E-state index is -2.80. The Balaban J connectivity index is 2.77. The molecule has 3 atom stereocenters. The highest BCUT2D eigenvalue weighted by molar-refractivity contribution is 5.84. The maximum Gasteiger partial charge on any atom is 0.351 e. The van der Waals surface area contributed by atoms with Crippen LogP contribution in [-0.4, -0.2) is 30.6 Å². The zero-order chi connectivity index (χ0) is 19.5. The largest absolute Gasteiger partial charge is 0.463 e. The van der Waals surface area contributed by atoms with Crippen LogP contribution in [0, 0.1) is 18.3 Å². The molecule has 1 aromatic carbocycles. The van der Waals surface area contributed by atoms with Crippen molar-refractivity contribution in [1.29, 1.82) is 5.26 Å². The lowest BCUT2D eigenvalue weighted by atomic mass is 9.72. The molecule has 0 fully saturated rings. The van der Waals surface area contributed by atoms with Gasteiger partial charge in [0.1, 0.15) is 11.6 Å². The Morgan fingerprint density at radius 2 is 1.96 bits per heavy atom. The number of hydrogen-bond donors (Lipinski definition) is 1. The summed E-state index contributed by atoms with van der Waals surface area (Å²) in [6.45, 7) is 6.41. The van der Waals surface area contributed by atoms with E-state index < -0.39 is 23.3 Å². The summed E-state index contributed by atoms with van der Waals surface area (Å²) in [6, 6.07) is 8.70. The topological polar surface area (TPSA) is 94.6 Å². The minimum Gasteiger partial charge on any atom is -0.463 e. The summed E-state index contributed by atoms with van der Waals surface area (Å²) in [4.78, 5) is 12.7. The lowest BCUT2D eigenvalue weighted by Crippen LogP contribution is -2.64. The Morgan fingerprint density at radius 1 is 1.35 bits per heavy atom. The van der Waals surface area contributed by atoms with E-state index in [1.54, 1.807) is 38.1 Å². The molecule has 1 aliphatic heterocycles. The van der Waals surface area contributed by atoms with Gasteiger partial charge in [-0.25, -0.2) is 9.18 Å². The lowest BCUT2D eigenvalue weighted by molar-refractivity contribution is -0.285. The van der Waals surface area contributed by atoms with Crippen LogP contribution in [0.1, 0.15) is 37.8 Å². The number of esters is 1. The summed E-state index contributed by atoms with van der Waals surface area (Å²) in [6.07, 6.45) is 0. The van der Waals surface area contributed by atoms with Gasteiger partial charge in [-0.05, 0) is 26.3 Å². The SMILES string of the molecule is CCOC(=O)[C@@]1(F)[C@H](c2ccc(C)cc2)C(C#N)=C(N)O[C@@]1(C)OCC. The fourth-order valence-corrected chi connectivity index (χ4v) is 3.17. The lowest BCUT2D eigenvalue weighted by Gasteiger charge is -2.47. The number of benzene rings is 1.